The van der Waals surface area contributed by atoms with Crippen molar-refractivity contribution in [3.63, 3.8) is 0 Å². The maximum Gasteiger partial charge on any atom is 0.227 e. The molecule has 0 aliphatic rings. The van der Waals surface area contributed by atoms with Gasteiger partial charge in [-0.05, 0) is 55.5 Å². The highest BCUT2D eigenvalue weighted by Gasteiger charge is 2.13. The van der Waals surface area contributed by atoms with Crippen LogP contribution in [-0.2, 0) is 11.3 Å². The standard InChI is InChI=1S/C20H19N5O2S3/c1-12-3-8-16(30-12)15-11-29-19(21-15)22-17(26)9-10-25-18(23-24-20(25)28)13-4-6-14(27-2)7-5-13/h3-8,11H,9-10H2,1-2H3,(H,24,28)(H,21,22,26). The first kappa shape index (κ1) is 20.5. The number of carbonyl (C=O) groups is 1. The van der Waals surface area contributed by atoms with Crippen molar-refractivity contribution in [2.75, 3.05) is 12.4 Å². The summed E-state index contributed by atoms with van der Waals surface area (Å²) in [4.78, 5) is 19.3. The lowest BCUT2D eigenvalue weighted by molar-refractivity contribution is -0.116. The number of hydrogen-bond donors (Lipinski definition) is 2. The number of benzene rings is 1. The molecule has 3 heterocycles. The smallest absolute Gasteiger partial charge is 0.227 e. The number of hydrogen-bond acceptors (Lipinski definition) is 7. The first-order chi connectivity index (χ1) is 14.5. The zero-order valence-corrected chi connectivity index (χ0v) is 18.8. The number of H-pyrrole nitrogens is 1. The summed E-state index contributed by atoms with van der Waals surface area (Å²) in [5.74, 6) is 1.32. The molecular formula is C20H19N5O2S3. The summed E-state index contributed by atoms with van der Waals surface area (Å²) in [6.07, 6.45) is 0.254. The molecule has 4 aromatic rings. The van der Waals surface area contributed by atoms with Crippen LogP contribution >= 0.6 is 34.9 Å². The normalized spacial score (nSPS) is 10.9. The molecule has 2 N–H and O–H groups in total. The third-order valence-electron chi connectivity index (χ3n) is 4.41. The minimum Gasteiger partial charge on any atom is -0.497 e. The van der Waals surface area contributed by atoms with Crippen LogP contribution in [0, 0.1) is 11.7 Å². The fourth-order valence-corrected chi connectivity index (χ4v) is 4.75. The van der Waals surface area contributed by atoms with Crippen molar-refractivity contribution in [2.24, 2.45) is 0 Å². The Morgan fingerprint density at radius 2 is 2.07 bits per heavy atom. The maximum absolute atomic E-state index is 12.5. The van der Waals surface area contributed by atoms with Crippen molar-refractivity contribution in [3.8, 4) is 27.7 Å². The molecule has 0 bridgehead atoms. The summed E-state index contributed by atoms with van der Waals surface area (Å²) < 4.78 is 7.48. The van der Waals surface area contributed by atoms with Gasteiger partial charge in [0.1, 0.15) is 5.75 Å². The van der Waals surface area contributed by atoms with Crippen LogP contribution in [0.1, 0.15) is 11.3 Å². The van der Waals surface area contributed by atoms with Gasteiger partial charge in [0.15, 0.2) is 15.7 Å². The number of nitrogens with one attached hydrogen (secondary N) is 2. The quantitative estimate of drug-likeness (QED) is 0.376. The highest BCUT2D eigenvalue weighted by atomic mass is 32.1. The Bertz CT molecular complexity index is 1220. The molecule has 1 aromatic carbocycles. The summed E-state index contributed by atoms with van der Waals surface area (Å²) in [6.45, 7) is 2.47. The van der Waals surface area contributed by atoms with Crippen LogP contribution in [0.25, 0.3) is 22.0 Å². The second-order valence-corrected chi connectivity index (χ2v) is 9.01. The second kappa shape index (κ2) is 8.90. The lowest BCUT2D eigenvalue weighted by Crippen LogP contribution is -2.15. The van der Waals surface area contributed by atoms with Gasteiger partial charge in [0.05, 0.1) is 17.7 Å². The Labute approximate surface area is 186 Å². The van der Waals surface area contributed by atoms with E-state index in [0.717, 1.165) is 21.9 Å². The van der Waals surface area contributed by atoms with E-state index in [9.17, 15) is 4.79 Å². The van der Waals surface area contributed by atoms with Crippen LogP contribution in [0.5, 0.6) is 5.75 Å². The van der Waals surface area contributed by atoms with Crippen molar-refractivity contribution >= 4 is 45.9 Å². The number of thiophene rings is 1. The van der Waals surface area contributed by atoms with E-state index in [4.69, 9.17) is 17.0 Å². The monoisotopic (exact) mass is 457 g/mol. The lowest BCUT2D eigenvalue weighted by atomic mass is 10.2. The Hall–Kier alpha value is -2.82. The topological polar surface area (TPSA) is 84.8 Å². The van der Waals surface area contributed by atoms with Gasteiger partial charge in [-0.25, -0.2) is 4.98 Å². The number of thiazole rings is 1. The fourth-order valence-electron chi connectivity index (χ4n) is 2.90. The van der Waals surface area contributed by atoms with Gasteiger partial charge in [0.25, 0.3) is 0 Å². The Balaban J connectivity index is 1.41. The van der Waals surface area contributed by atoms with Gasteiger partial charge in [-0.3, -0.25) is 14.5 Å². The van der Waals surface area contributed by atoms with Crippen molar-refractivity contribution in [1.29, 1.82) is 0 Å². The zero-order valence-electron chi connectivity index (χ0n) is 16.3. The number of rotatable bonds is 7. The third kappa shape index (κ3) is 4.50. The van der Waals surface area contributed by atoms with Gasteiger partial charge >= 0.3 is 0 Å². The molecule has 0 unspecified atom stereocenters. The predicted molar refractivity (Wildman–Crippen MR) is 123 cm³/mol. The van der Waals surface area contributed by atoms with E-state index >= 15 is 0 Å². The van der Waals surface area contributed by atoms with E-state index in [2.05, 4.69) is 33.5 Å². The summed E-state index contributed by atoms with van der Waals surface area (Å²) in [7, 11) is 1.62. The van der Waals surface area contributed by atoms with Crippen LogP contribution in [0.15, 0.2) is 41.8 Å². The molecule has 0 aliphatic heterocycles. The number of amides is 1. The molecule has 10 heteroatoms. The average Bonchev–Trinajstić information content (AvgIpc) is 3.47. The Kier molecular flexibility index (Phi) is 6.07. The Morgan fingerprint density at radius 1 is 1.27 bits per heavy atom. The molecule has 0 saturated heterocycles. The van der Waals surface area contributed by atoms with Crippen molar-refractivity contribution in [1.82, 2.24) is 19.7 Å². The molecule has 0 fully saturated rings. The van der Waals surface area contributed by atoms with Gasteiger partial charge in [-0.15, -0.1) is 22.7 Å². The molecule has 0 atom stereocenters. The fraction of sp³-hybridized carbons (Fsp3) is 0.200. The largest absolute Gasteiger partial charge is 0.497 e. The number of methoxy groups -OCH3 is 1. The van der Waals surface area contributed by atoms with Gasteiger partial charge in [-0.1, -0.05) is 0 Å². The molecular weight excluding hydrogens is 438 g/mol. The van der Waals surface area contributed by atoms with Gasteiger partial charge in [0.2, 0.25) is 5.91 Å². The summed E-state index contributed by atoms with van der Waals surface area (Å²) in [5.41, 5.74) is 1.77. The zero-order chi connectivity index (χ0) is 21.1. The molecule has 3 aromatic heterocycles. The van der Waals surface area contributed by atoms with Crippen LogP contribution in [0.2, 0.25) is 0 Å². The molecule has 0 spiro atoms. The highest BCUT2D eigenvalue weighted by molar-refractivity contribution is 7.71. The minimum absolute atomic E-state index is 0.123. The number of ether oxygens (including phenoxy) is 1. The Morgan fingerprint density at radius 3 is 2.77 bits per heavy atom. The van der Waals surface area contributed by atoms with E-state index in [1.807, 2.05) is 40.3 Å². The van der Waals surface area contributed by atoms with Gasteiger partial charge < -0.3 is 10.1 Å². The predicted octanol–water partition coefficient (Wildman–Crippen LogP) is 5.14. The van der Waals surface area contributed by atoms with E-state index in [1.165, 1.54) is 16.2 Å². The first-order valence-electron chi connectivity index (χ1n) is 9.15. The van der Waals surface area contributed by atoms with Crippen LogP contribution in [-0.4, -0.2) is 32.8 Å². The van der Waals surface area contributed by atoms with E-state index in [-0.39, 0.29) is 12.3 Å². The minimum atomic E-state index is -0.123. The van der Waals surface area contributed by atoms with Crippen LogP contribution in [0.3, 0.4) is 0 Å². The summed E-state index contributed by atoms with van der Waals surface area (Å²) >= 11 is 8.44. The van der Waals surface area contributed by atoms with Gasteiger partial charge in [0, 0.05) is 28.8 Å². The summed E-state index contributed by atoms with van der Waals surface area (Å²) in [6, 6.07) is 11.6. The number of anilines is 1. The number of nitrogens with zero attached hydrogens (tertiary/aromatic N) is 3. The van der Waals surface area contributed by atoms with E-state index < -0.39 is 0 Å². The molecule has 0 radical (unpaired) electrons. The molecule has 4 rings (SSSR count). The number of aromatic nitrogens is 4. The first-order valence-corrected chi connectivity index (χ1v) is 11.3. The van der Waals surface area contributed by atoms with E-state index in [0.29, 0.717) is 22.3 Å². The van der Waals surface area contributed by atoms with Crippen LogP contribution < -0.4 is 10.1 Å². The van der Waals surface area contributed by atoms with Crippen molar-refractivity contribution in [2.45, 2.75) is 19.9 Å². The molecule has 154 valence electrons. The highest BCUT2D eigenvalue weighted by Crippen LogP contribution is 2.30. The van der Waals surface area contributed by atoms with E-state index in [1.54, 1.807) is 18.4 Å². The number of carbonyl (C=O) groups excluding carboxylic acids is 1. The second-order valence-electron chi connectivity index (χ2n) is 6.48. The van der Waals surface area contributed by atoms with Crippen molar-refractivity contribution < 1.29 is 9.53 Å². The number of aryl methyl sites for hydroxylation is 1. The SMILES string of the molecule is COc1ccc(-c2n[nH]c(=S)n2CCC(=O)Nc2nc(-c3ccc(C)s3)cs2)cc1. The molecule has 0 saturated carbocycles. The molecule has 1 amide bonds. The molecule has 7 nitrogen and oxygen atoms in total. The molecule has 30 heavy (non-hydrogen) atoms. The van der Waals surface area contributed by atoms with Crippen molar-refractivity contribution in [3.05, 3.63) is 51.4 Å². The third-order valence-corrected chi connectivity index (χ3v) is 6.50. The lowest BCUT2D eigenvalue weighted by Gasteiger charge is -2.07. The van der Waals surface area contributed by atoms with Crippen LogP contribution in [0.4, 0.5) is 5.13 Å². The van der Waals surface area contributed by atoms with Gasteiger partial charge in [-0.2, -0.15) is 5.10 Å². The summed E-state index contributed by atoms with van der Waals surface area (Å²) in [5, 5.41) is 12.5. The maximum atomic E-state index is 12.5. The average molecular weight is 458 g/mol. The molecule has 0 aliphatic carbocycles. The number of aromatic amines is 1.